The number of hydrogen-bond donors (Lipinski definition) is 0. The molecule has 3 rings (SSSR count). The summed E-state index contributed by atoms with van der Waals surface area (Å²) in [5.74, 6) is 0.210. The van der Waals surface area contributed by atoms with Gasteiger partial charge in [-0.1, -0.05) is 12.1 Å². The molecule has 1 amide bonds. The third-order valence-electron chi connectivity index (χ3n) is 5.20. The first-order chi connectivity index (χ1) is 12.8. The van der Waals surface area contributed by atoms with E-state index in [0.29, 0.717) is 11.3 Å². The van der Waals surface area contributed by atoms with Crippen molar-refractivity contribution in [1.29, 1.82) is 0 Å². The average Bonchev–Trinajstić information content (AvgIpc) is 2.63. The van der Waals surface area contributed by atoms with Gasteiger partial charge in [0.05, 0.1) is 12.8 Å². The van der Waals surface area contributed by atoms with E-state index in [1.54, 1.807) is 29.2 Å². The van der Waals surface area contributed by atoms with Crippen LogP contribution in [0.15, 0.2) is 40.4 Å². The highest BCUT2D eigenvalue weighted by molar-refractivity contribution is 7.88. The summed E-state index contributed by atoms with van der Waals surface area (Å²) in [6, 6.07) is 7.14. The number of allylic oxidation sites excluding steroid dienone is 1. The van der Waals surface area contributed by atoms with Crippen LogP contribution in [0.4, 0.5) is 0 Å². The molecule has 146 valence electrons. The van der Waals surface area contributed by atoms with Crippen LogP contribution < -0.4 is 4.74 Å². The summed E-state index contributed by atoms with van der Waals surface area (Å²) >= 11 is 0. The molecule has 1 fully saturated rings. The smallest absolute Gasteiger partial charge is 0.345 e. The number of hydrogen-bond acceptors (Lipinski definition) is 4. The van der Waals surface area contributed by atoms with Gasteiger partial charge in [0.25, 0.3) is 5.91 Å². The summed E-state index contributed by atoms with van der Waals surface area (Å²) in [6.07, 6.45) is 4.42. The molecule has 0 aromatic heterocycles. The molecule has 1 aromatic carbocycles. The molecule has 0 unspecified atom stereocenters. The van der Waals surface area contributed by atoms with E-state index in [2.05, 4.69) is 4.40 Å². The lowest BCUT2D eigenvalue weighted by atomic mass is 9.97. The second kappa shape index (κ2) is 7.34. The monoisotopic (exact) mass is 391 g/mol. The number of rotatable bonds is 3. The van der Waals surface area contributed by atoms with Crippen LogP contribution in [0.1, 0.15) is 38.7 Å². The lowest BCUT2D eigenvalue weighted by molar-refractivity contribution is -0.134. The molecule has 2 aliphatic heterocycles. The molecule has 8 heteroatoms. The predicted octanol–water partition coefficient (Wildman–Crippen LogP) is 2.35. The van der Waals surface area contributed by atoms with Crippen molar-refractivity contribution in [1.82, 2.24) is 9.21 Å². The minimum absolute atomic E-state index is 0.0619. The van der Waals surface area contributed by atoms with Crippen molar-refractivity contribution in [3.8, 4) is 5.75 Å². The highest BCUT2D eigenvalue weighted by atomic mass is 32.2. The summed E-state index contributed by atoms with van der Waals surface area (Å²) in [7, 11) is -1.13. The standard InChI is InChI=1S/C19H25N3O4S/c1-13-8-7-9-14(2)22(13)19(23)17-12-16(20-27(24,25)21(17)3)15-10-5-6-11-18(15)26-4/h5-6,10-14H,7-9H2,1-4H3/t13-,14-/m0/s1. The van der Waals surface area contributed by atoms with Crippen molar-refractivity contribution >= 4 is 21.8 Å². The zero-order valence-corrected chi connectivity index (χ0v) is 16.9. The third kappa shape index (κ3) is 3.58. The molecule has 1 aromatic rings. The molecule has 0 aliphatic carbocycles. The van der Waals surface area contributed by atoms with Crippen LogP contribution in [-0.4, -0.2) is 55.5 Å². The lowest BCUT2D eigenvalue weighted by Gasteiger charge is -2.40. The average molecular weight is 391 g/mol. The molecule has 0 bridgehead atoms. The molecule has 7 nitrogen and oxygen atoms in total. The number of likely N-dealkylation sites (tertiary alicyclic amines) is 1. The van der Waals surface area contributed by atoms with Crippen molar-refractivity contribution in [2.45, 2.75) is 45.2 Å². The maximum Gasteiger partial charge on any atom is 0.345 e. The fourth-order valence-corrected chi connectivity index (χ4v) is 4.59. The van der Waals surface area contributed by atoms with E-state index in [4.69, 9.17) is 4.74 Å². The predicted molar refractivity (Wildman–Crippen MR) is 104 cm³/mol. The number of nitrogens with zero attached hydrogens (tertiary/aromatic N) is 3. The van der Waals surface area contributed by atoms with Gasteiger partial charge in [0.2, 0.25) is 0 Å². The number of methoxy groups -OCH3 is 1. The van der Waals surface area contributed by atoms with E-state index in [0.717, 1.165) is 23.6 Å². The number of piperidine rings is 1. The summed E-state index contributed by atoms with van der Waals surface area (Å²) in [4.78, 5) is 15.1. The van der Waals surface area contributed by atoms with Gasteiger partial charge in [-0.05, 0) is 51.3 Å². The molecule has 27 heavy (non-hydrogen) atoms. The normalized spacial score (nSPS) is 24.9. The molecule has 2 atom stereocenters. The first kappa shape index (κ1) is 19.4. The fourth-order valence-electron chi connectivity index (χ4n) is 3.69. The second-order valence-electron chi connectivity index (χ2n) is 6.99. The van der Waals surface area contributed by atoms with Crippen molar-refractivity contribution in [3.05, 3.63) is 41.6 Å². The van der Waals surface area contributed by atoms with Crippen LogP contribution >= 0.6 is 0 Å². The Morgan fingerprint density at radius 3 is 2.44 bits per heavy atom. The number of para-hydroxylation sites is 1. The summed E-state index contributed by atoms with van der Waals surface area (Å²) < 4.78 is 35.4. The Hall–Kier alpha value is -2.35. The number of amides is 1. The Balaban J connectivity index is 2.07. The molecule has 0 radical (unpaired) electrons. The van der Waals surface area contributed by atoms with Crippen LogP contribution in [0.2, 0.25) is 0 Å². The topological polar surface area (TPSA) is 79.3 Å². The van der Waals surface area contributed by atoms with E-state index in [1.807, 2.05) is 13.8 Å². The number of carbonyl (C=O) groups excluding carboxylic acids is 1. The van der Waals surface area contributed by atoms with Crippen molar-refractivity contribution in [3.63, 3.8) is 0 Å². The number of likely N-dealkylation sites (N-methyl/N-ethyl adjacent to an activating group) is 1. The van der Waals surface area contributed by atoms with Crippen molar-refractivity contribution < 1.29 is 17.9 Å². The van der Waals surface area contributed by atoms with Gasteiger partial charge in [0.1, 0.15) is 11.4 Å². The van der Waals surface area contributed by atoms with E-state index in [9.17, 15) is 13.2 Å². The first-order valence-corrected chi connectivity index (χ1v) is 10.4. The Morgan fingerprint density at radius 2 is 1.81 bits per heavy atom. The SMILES string of the molecule is COc1ccccc1C1=NS(=O)(=O)N(C)C(C(=O)N2[C@@H](C)CCC[C@@H]2C)=C1. The summed E-state index contributed by atoms with van der Waals surface area (Å²) in [5, 5.41) is 0. The third-order valence-corrected chi connectivity index (χ3v) is 6.52. The highest BCUT2D eigenvalue weighted by Gasteiger charge is 2.37. The minimum Gasteiger partial charge on any atom is -0.496 e. The fraction of sp³-hybridized carbons (Fsp3) is 0.474. The number of ether oxygens (including phenoxy) is 1. The van der Waals surface area contributed by atoms with Gasteiger partial charge in [0.15, 0.2) is 0 Å². The van der Waals surface area contributed by atoms with Crippen LogP contribution in [0, 0.1) is 0 Å². The minimum atomic E-state index is -4.00. The Morgan fingerprint density at radius 1 is 1.19 bits per heavy atom. The molecule has 0 spiro atoms. The van der Waals surface area contributed by atoms with Crippen LogP contribution in [0.3, 0.4) is 0 Å². The molecule has 0 saturated carbocycles. The zero-order valence-electron chi connectivity index (χ0n) is 16.0. The second-order valence-corrected chi connectivity index (χ2v) is 8.62. The Kier molecular flexibility index (Phi) is 5.28. The Bertz CT molecular complexity index is 897. The maximum absolute atomic E-state index is 13.3. The van der Waals surface area contributed by atoms with Gasteiger partial charge in [-0.25, -0.2) is 4.31 Å². The largest absolute Gasteiger partial charge is 0.496 e. The van der Waals surface area contributed by atoms with Gasteiger partial charge in [0, 0.05) is 24.7 Å². The van der Waals surface area contributed by atoms with Crippen molar-refractivity contribution in [2.75, 3.05) is 14.2 Å². The molecular weight excluding hydrogens is 366 g/mol. The van der Waals surface area contributed by atoms with Gasteiger partial charge < -0.3 is 9.64 Å². The van der Waals surface area contributed by atoms with Gasteiger partial charge >= 0.3 is 10.2 Å². The molecular formula is C19H25N3O4S. The number of benzene rings is 1. The lowest BCUT2D eigenvalue weighted by Crippen LogP contribution is -2.50. The van der Waals surface area contributed by atoms with Gasteiger partial charge in [-0.2, -0.15) is 8.42 Å². The van der Waals surface area contributed by atoms with Crippen LogP contribution in [0.5, 0.6) is 5.75 Å². The summed E-state index contributed by atoms with van der Waals surface area (Å²) in [5.41, 5.74) is 0.833. The maximum atomic E-state index is 13.3. The zero-order chi connectivity index (χ0) is 19.8. The molecule has 2 heterocycles. The van der Waals surface area contributed by atoms with E-state index >= 15 is 0 Å². The molecule has 0 N–H and O–H groups in total. The van der Waals surface area contributed by atoms with E-state index < -0.39 is 10.2 Å². The van der Waals surface area contributed by atoms with E-state index in [1.165, 1.54) is 20.2 Å². The van der Waals surface area contributed by atoms with E-state index in [-0.39, 0.29) is 29.4 Å². The first-order valence-electron chi connectivity index (χ1n) is 9.03. The van der Waals surface area contributed by atoms with Gasteiger partial charge in [-0.15, -0.1) is 4.40 Å². The summed E-state index contributed by atoms with van der Waals surface area (Å²) in [6.45, 7) is 4.00. The van der Waals surface area contributed by atoms with Crippen molar-refractivity contribution in [2.24, 2.45) is 4.40 Å². The van der Waals surface area contributed by atoms with Gasteiger partial charge in [-0.3, -0.25) is 4.79 Å². The van der Waals surface area contributed by atoms with Crippen LogP contribution in [-0.2, 0) is 15.0 Å². The molecule has 1 saturated heterocycles. The van der Waals surface area contributed by atoms with Crippen LogP contribution in [0.25, 0.3) is 0 Å². The highest BCUT2D eigenvalue weighted by Crippen LogP contribution is 2.29. The quantitative estimate of drug-likeness (QED) is 0.792. The Labute approximate surface area is 160 Å². The number of carbonyl (C=O) groups is 1. The molecule has 2 aliphatic rings.